The van der Waals surface area contributed by atoms with E-state index in [2.05, 4.69) is 0 Å². The third-order valence-corrected chi connectivity index (χ3v) is 2.09. The molecule has 0 aliphatic heterocycles. The molecule has 3 nitrogen and oxygen atoms in total. The summed E-state index contributed by atoms with van der Waals surface area (Å²) in [6.07, 6.45) is -0.0270. The standard InChI is InChI=1S/C12H16O3/c1-3-8-15-11(12(13)14)10-6-4-9(2)5-7-10/h4-7,11H,3,8H2,1-2H3,(H,13,14). The van der Waals surface area contributed by atoms with Crippen molar-refractivity contribution in [3.63, 3.8) is 0 Å². The van der Waals surface area contributed by atoms with Crippen LogP contribution in [0.25, 0.3) is 0 Å². The van der Waals surface area contributed by atoms with Gasteiger partial charge in [0.15, 0.2) is 6.10 Å². The number of aryl methyl sites for hydroxylation is 1. The topological polar surface area (TPSA) is 46.5 Å². The molecule has 0 spiro atoms. The van der Waals surface area contributed by atoms with E-state index in [-0.39, 0.29) is 0 Å². The first-order chi connectivity index (χ1) is 7.15. The Balaban J connectivity index is 2.79. The van der Waals surface area contributed by atoms with E-state index in [1.807, 2.05) is 26.0 Å². The van der Waals surface area contributed by atoms with Crippen LogP contribution in [0, 0.1) is 6.92 Å². The van der Waals surface area contributed by atoms with E-state index in [1.165, 1.54) is 0 Å². The summed E-state index contributed by atoms with van der Waals surface area (Å²) >= 11 is 0. The van der Waals surface area contributed by atoms with Crippen molar-refractivity contribution >= 4 is 5.97 Å². The second-order valence-corrected chi connectivity index (χ2v) is 3.50. The highest BCUT2D eigenvalue weighted by Crippen LogP contribution is 2.18. The summed E-state index contributed by atoms with van der Waals surface area (Å²) in [6, 6.07) is 7.37. The number of rotatable bonds is 5. The first-order valence-electron chi connectivity index (χ1n) is 5.06. The minimum absolute atomic E-state index is 0.463. The van der Waals surface area contributed by atoms with Gasteiger partial charge in [0, 0.05) is 6.61 Å². The molecule has 0 aromatic heterocycles. The lowest BCUT2D eigenvalue weighted by molar-refractivity contribution is -0.150. The maximum absolute atomic E-state index is 11.0. The summed E-state index contributed by atoms with van der Waals surface area (Å²) in [5.74, 6) is -0.938. The molecule has 1 atom stereocenters. The fourth-order valence-corrected chi connectivity index (χ4v) is 1.29. The summed E-state index contributed by atoms with van der Waals surface area (Å²) in [5, 5.41) is 9.00. The SMILES string of the molecule is CCCOC(C(=O)O)c1ccc(C)cc1. The highest BCUT2D eigenvalue weighted by molar-refractivity contribution is 5.74. The second-order valence-electron chi connectivity index (χ2n) is 3.50. The van der Waals surface area contributed by atoms with E-state index in [4.69, 9.17) is 9.84 Å². The number of carboxylic acids is 1. The molecule has 0 saturated carbocycles. The quantitative estimate of drug-likeness (QED) is 0.808. The first kappa shape index (κ1) is 11.7. The van der Waals surface area contributed by atoms with Crippen LogP contribution in [0.2, 0.25) is 0 Å². The van der Waals surface area contributed by atoms with Crippen molar-refractivity contribution in [2.75, 3.05) is 6.61 Å². The van der Waals surface area contributed by atoms with E-state index in [0.717, 1.165) is 12.0 Å². The molecule has 15 heavy (non-hydrogen) atoms. The van der Waals surface area contributed by atoms with Gasteiger partial charge in [-0.2, -0.15) is 0 Å². The summed E-state index contributed by atoms with van der Waals surface area (Å²) in [4.78, 5) is 11.0. The molecule has 1 unspecified atom stereocenters. The summed E-state index contributed by atoms with van der Waals surface area (Å²) in [7, 11) is 0. The number of ether oxygens (including phenoxy) is 1. The van der Waals surface area contributed by atoms with E-state index in [0.29, 0.717) is 12.2 Å². The number of aliphatic carboxylic acids is 1. The molecule has 0 bridgehead atoms. The summed E-state index contributed by atoms with van der Waals surface area (Å²) in [5.41, 5.74) is 1.81. The highest BCUT2D eigenvalue weighted by Gasteiger charge is 2.19. The van der Waals surface area contributed by atoms with Crippen LogP contribution in [-0.4, -0.2) is 17.7 Å². The minimum atomic E-state index is -0.938. The van der Waals surface area contributed by atoms with Crippen molar-refractivity contribution < 1.29 is 14.6 Å². The number of carbonyl (C=O) groups is 1. The molecule has 0 aliphatic carbocycles. The van der Waals surface area contributed by atoms with Crippen molar-refractivity contribution in [1.82, 2.24) is 0 Å². The van der Waals surface area contributed by atoms with Gasteiger partial charge in [-0.05, 0) is 18.9 Å². The molecule has 0 aliphatic rings. The molecule has 0 amide bonds. The normalized spacial score (nSPS) is 12.4. The van der Waals surface area contributed by atoms with Gasteiger partial charge in [0.2, 0.25) is 0 Å². The van der Waals surface area contributed by atoms with E-state index < -0.39 is 12.1 Å². The number of carboxylic acid groups (broad SMARTS) is 1. The van der Waals surface area contributed by atoms with Crippen LogP contribution in [0.1, 0.15) is 30.6 Å². The van der Waals surface area contributed by atoms with Gasteiger partial charge in [-0.3, -0.25) is 0 Å². The molecule has 0 radical (unpaired) electrons. The van der Waals surface area contributed by atoms with E-state index in [1.54, 1.807) is 12.1 Å². The van der Waals surface area contributed by atoms with Gasteiger partial charge >= 0.3 is 5.97 Å². The van der Waals surface area contributed by atoms with Crippen molar-refractivity contribution in [1.29, 1.82) is 0 Å². The molecular weight excluding hydrogens is 192 g/mol. The van der Waals surface area contributed by atoms with Crippen molar-refractivity contribution in [2.45, 2.75) is 26.4 Å². The zero-order valence-corrected chi connectivity index (χ0v) is 9.06. The zero-order valence-electron chi connectivity index (χ0n) is 9.06. The lowest BCUT2D eigenvalue weighted by Crippen LogP contribution is -2.15. The first-order valence-corrected chi connectivity index (χ1v) is 5.06. The monoisotopic (exact) mass is 208 g/mol. The molecule has 0 saturated heterocycles. The highest BCUT2D eigenvalue weighted by atomic mass is 16.5. The van der Waals surface area contributed by atoms with Gasteiger partial charge in [-0.15, -0.1) is 0 Å². The van der Waals surface area contributed by atoms with Crippen LogP contribution in [0.3, 0.4) is 0 Å². The Hall–Kier alpha value is -1.35. The second kappa shape index (κ2) is 5.51. The molecule has 1 aromatic rings. The minimum Gasteiger partial charge on any atom is -0.479 e. The Labute approximate surface area is 89.7 Å². The number of hydrogen-bond acceptors (Lipinski definition) is 2. The van der Waals surface area contributed by atoms with E-state index >= 15 is 0 Å². The lowest BCUT2D eigenvalue weighted by atomic mass is 10.1. The van der Waals surface area contributed by atoms with Crippen molar-refractivity contribution in [2.24, 2.45) is 0 Å². The maximum atomic E-state index is 11.0. The average Bonchev–Trinajstić information content (AvgIpc) is 2.21. The smallest absolute Gasteiger partial charge is 0.337 e. The van der Waals surface area contributed by atoms with Gasteiger partial charge in [0.05, 0.1) is 0 Å². The zero-order chi connectivity index (χ0) is 11.3. The Morgan fingerprint density at radius 2 is 2.00 bits per heavy atom. The number of hydrogen-bond donors (Lipinski definition) is 1. The third-order valence-electron chi connectivity index (χ3n) is 2.09. The van der Waals surface area contributed by atoms with Crippen molar-refractivity contribution in [3.8, 4) is 0 Å². The fraction of sp³-hybridized carbons (Fsp3) is 0.417. The van der Waals surface area contributed by atoms with Crippen molar-refractivity contribution in [3.05, 3.63) is 35.4 Å². The van der Waals surface area contributed by atoms with E-state index in [9.17, 15) is 4.79 Å². The van der Waals surface area contributed by atoms with Gasteiger partial charge in [0.1, 0.15) is 0 Å². The molecule has 0 fully saturated rings. The van der Waals surface area contributed by atoms with Crippen LogP contribution in [0.4, 0.5) is 0 Å². The van der Waals surface area contributed by atoms with Gasteiger partial charge in [0.25, 0.3) is 0 Å². The Morgan fingerprint density at radius 1 is 1.40 bits per heavy atom. The van der Waals surface area contributed by atoms with Crippen LogP contribution < -0.4 is 0 Å². The van der Waals surface area contributed by atoms with Crippen LogP contribution in [-0.2, 0) is 9.53 Å². The molecule has 82 valence electrons. The summed E-state index contributed by atoms with van der Waals surface area (Å²) < 4.78 is 5.28. The largest absolute Gasteiger partial charge is 0.479 e. The lowest BCUT2D eigenvalue weighted by Gasteiger charge is -2.13. The number of benzene rings is 1. The predicted molar refractivity (Wildman–Crippen MR) is 57.8 cm³/mol. The molecular formula is C12H16O3. The summed E-state index contributed by atoms with van der Waals surface area (Å²) in [6.45, 7) is 4.38. The Bertz CT molecular complexity index is 316. The van der Waals surface area contributed by atoms with Gasteiger partial charge in [-0.1, -0.05) is 36.8 Å². The van der Waals surface area contributed by atoms with Crippen LogP contribution in [0.5, 0.6) is 0 Å². The van der Waals surface area contributed by atoms with Gasteiger partial charge < -0.3 is 9.84 Å². The van der Waals surface area contributed by atoms with Crippen LogP contribution in [0.15, 0.2) is 24.3 Å². The maximum Gasteiger partial charge on any atom is 0.337 e. The molecule has 3 heteroatoms. The molecule has 1 N–H and O–H groups in total. The van der Waals surface area contributed by atoms with Crippen LogP contribution >= 0.6 is 0 Å². The predicted octanol–water partition coefficient (Wildman–Crippen LogP) is 2.55. The van der Waals surface area contributed by atoms with Gasteiger partial charge in [-0.25, -0.2) is 4.79 Å². The third kappa shape index (κ3) is 3.36. The molecule has 1 aromatic carbocycles. The Morgan fingerprint density at radius 3 is 2.47 bits per heavy atom. The fourth-order valence-electron chi connectivity index (χ4n) is 1.29. The molecule has 0 heterocycles. The average molecular weight is 208 g/mol. The Kier molecular flexibility index (Phi) is 4.31. The molecule has 1 rings (SSSR count).